The monoisotopic (exact) mass is 1930 g/mol. The van der Waals surface area contributed by atoms with Gasteiger partial charge in [0.25, 0.3) is 0 Å². The zero-order valence-corrected chi connectivity index (χ0v) is 80.6. The van der Waals surface area contributed by atoms with Crippen molar-refractivity contribution >= 4 is 80.9 Å². The molecular formula is C95H123F8N13O13S4. The van der Waals surface area contributed by atoms with E-state index in [0.29, 0.717) is 138 Å². The first kappa shape index (κ1) is 107. The molecule has 38 heteroatoms. The van der Waals surface area contributed by atoms with E-state index < -0.39 is 58.2 Å². The van der Waals surface area contributed by atoms with Gasteiger partial charge in [0.05, 0.1) is 51.3 Å². The Bertz CT molecular complexity index is 5650. The minimum atomic E-state index is -4.78. The SMILES string of the molecule is Cc1cccc(S(=O)(=O)N(C(C)C)C2CCN(CC(=O)N(C)c3ccc(F)cc3)CC2)c1.Cc1cccc(S(=O)(=O)N(C(C)C)C2CCN(CC(=O)NCc3ccc(F)cc3)CC2)c1.Cc1cccc(S(=O)(=O)N(C(C)C)C2CCN(CC(=O)Nc3ccc(C(F)(F)F)cn3)CC2)c1.Cc1cccc(S(=O)(=O)N(C(C)C)C2CCN(CC(=O)Nc3ccc(OC(F)(F)F)cc3)CC2)c1. The summed E-state index contributed by atoms with van der Waals surface area (Å²) in [7, 11) is -12.9. The topological polar surface area (TPSA) is 292 Å². The van der Waals surface area contributed by atoms with Gasteiger partial charge in [-0.25, -0.2) is 47.4 Å². The Morgan fingerprint density at radius 3 is 1.03 bits per heavy atom. The number of likely N-dealkylation sites (tertiary alicyclic amines) is 4. The van der Waals surface area contributed by atoms with E-state index in [1.54, 1.807) is 121 Å². The Morgan fingerprint density at radius 1 is 0.414 bits per heavy atom. The molecule has 4 aliphatic rings. The molecule has 133 heavy (non-hydrogen) atoms. The van der Waals surface area contributed by atoms with Gasteiger partial charge in [0.2, 0.25) is 63.7 Å². The number of amides is 4. The number of ether oxygens (including phenoxy) is 1. The van der Waals surface area contributed by atoms with Gasteiger partial charge in [0.1, 0.15) is 23.2 Å². The Balaban J connectivity index is 0.000000199. The zero-order valence-electron chi connectivity index (χ0n) is 77.3. The maximum Gasteiger partial charge on any atom is 0.573 e. The van der Waals surface area contributed by atoms with Crippen LogP contribution >= 0.6 is 0 Å². The van der Waals surface area contributed by atoms with Crippen molar-refractivity contribution in [2.24, 2.45) is 0 Å². The molecule has 26 nitrogen and oxygen atoms in total. The summed E-state index contributed by atoms with van der Waals surface area (Å²) in [6, 6.07) is 45.2. The number of halogens is 8. The van der Waals surface area contributed by atoms with Crippen molar-refractivity contribution in [3.05, 3.63) is 233 Å². The second-order valence-electron chi connectivity index (χ2n) is 34.9. The fraction of sp³-hybridized carbons (Fsp3) is 0.463. The van der Waals surface area contributed by atoms with Gasteiger partial charge in [0, 0.05) is 132 Å². The molecule has 0 saturated carbocycles. The number of anilines is 3. The number of likely N-dealkylation sites (N-methyl/N-ethyl adjacent to an activating group) is 1. The second kappa shape index (κ2) is 47.7. The molecule has 0 spiro atoms. The average Bonchev–Trinajstić information content (AvgIpc) is 0.793. The normalized spacial score (nSPS) is 16.0. The van der Waals surface area contributed by atoms with Crippen LogP contribution in [0.4, 0.5) is 52.3 Å². The van der Waals surface area contributed by atoms with Gasteiger partial charge in [-0.15, -0.1) is 13.2 Å². The number of carbonyl (C=O) groups is 4. The summed E-state index contributed by atoms with van der Waals surface area (Å²) in [4.78, 5) is 64.1. The Morgan fingerprint density at radius 2 is 0.729 bits per heavy atom. The van der Waals surface area contributed by atoms with Gasteiger partial charge in [0.15, 0.2) is 0 Å². The molecule has 4 aliphatic heterocycles. The van der Waals surface area contributed by atoms with Crippen molar-refractivity contribution in [1.29, 1.82) is 0 Å². The van der Waals surface area contributed by atoms with Crippen molar-refractivity contribution in [2.45, 2.75) is 221 Å². The van der Waals surface area contributed by atoms with Crippen LogP contribution in [0, 0.1) is 39.3 Å². The molecule has 12 rings (SSSR count). The number of rotatable bonds is 30. The highest BCUT2D eigenvalue weighted by molar-refractivity contribution is 7.90. The Labute approximate surface area is 777 Å². The van der Waals surface area contributed by atoms with Crippen LogP contribution in [0.5, 0.6) is 5.75 Å². The number of piperidine rings is 4. The number of benzene rings is 7. The number of pyridine rings is 1. The smallest absolute Gasteiger partial charge is 0.406 e. The van der Waals surface area contributed by atoms with E-state index in [0.717, 1.165) is 52.1 Å². The predicted octanol–water partition coefficient (Wildman–Crippen LogP) is 15.3. The predicted molar refractivity (Wildman–Crippen MR) is 497 cm³/mol. The summed E-state index contributed by atoms with van der Waals surface area (Å²) < 4.78 is 218. The number of hydrogen-bond acceptors (Lipinski definition) is 18. The molecular weight excluding hydrogens is 1810 g/mol. The van der Waals surface area contributed by atoms with Gasteiger partial charge in [-0.2, -0.15) is 30.4 Å². The van der Waals surface area contributed by atoms with Gasteiger partial charge >= 0.3 is 12.5 Å². The molecule has 0 radical (unpaired) electrons. The third-order valence-electron chi connectivity index (χ3n) is 23.1. The maximum atomic E-state index is 13.4. The van der Waals surface area contributed by atoms with Crippen molar-refractivity contribution in [1.82, 2.24) is 47.1 Å². The highest BCUT2D eigenvalue weighted by Gasteiger charge is 2.42. The fourth-order valence-corrected chi connectivity index (χ4v) is 24.8. The summed E-state index contributed by atoms with van der Waals surface area (Å²) >= 11 is 0. The van der Waals surface area contributed by atoms with Crippen LogP contribution in [0.25, 0.3) is 0 Å². The van der Waals surface area contributed by atoms with E-state index in [9.17, 15) is 88.0 Å². The summed E-state index contributed by atoms with van der Waals surface area (Å²) in [5.74, 6) is -1.84. The van der Waals surface area contributed by atoms with E-state index in [-0.39, 0.29) is 131 Å². The maximum absolute atomic E-state index is 13.4. The third-order valence-corrected chi connectivity index (χ3v) is 31.6. The number of sulfonamides is 4. The number of hydrogen-bond donors (Lipinski definition) is 3. The summed E-state index contributed by atoms with van der Waals surface area (Å²) in [6.07, 6.45) is -3.62. The molecule has 1 aromatic heterocycles. The molecule has 726 valence electrons. The molecule has 5 heterocycles. The van der Waals surface area contributed by atoms with Crippen molar-refractivity contribution in [2.75, 3.05) is 101 Å². The number of alkyl halides is 6. The minimum absolute atomic E-state index is 0.0434. The fourth-order valence-electron chi connectivity index (χ4n) is 16.8. The van der Waals surface area contributed by atoms with E-state index in [1.807, 2.05) is 122 Å². The van der Waals surface area contributed by atoms with Crippen LogP contribution in [0.1, 0.15) is 140 Å². The lowest BCUT2D eigenvalue weighted by Gasteiger charge is -2.39. The summed E-state index contributed by atoms with van der Waals surface area (Å²) in [5.41, 5.74) is 4.52. The average molecular weight is 1940 g/mol. The molecule has 7 aromatic carbocycles. The number of aromatic nitrogens is 1. The lowest BCUT2D eigenvalue weighted by atomic mass is 10.0. The van der Waals surface area contributed by atoms with Crippen LogP contribution in [0.15, 0.2) is 208 Å². The molecule has 0 bridgehead atoms. The van der Waals surface area contributed by atoms with Crippen molar-refractivity contribution in [3.63, 3.8) is 0 Å². The molecule has 8 aromatic rings. The number of carbonyl (C=O) groups excluding carboxylic acids is 4. The van der Waals surface area contributed by atoms with Gasteiger partial charge in [-0.1, -0.05) is 60.7 Å². The summed E-state index contributed by atoms with van der Waals surface area (Å²) in [6.45, 7) is 28.2. The van der Waals surface area contributed by atoms with Crippen LogP contribution in [-0.4, -0.2) is 239 Å². The van der Waals surface area contributed by atoms with Crippen LogP contribution in [-0.2, 0) is 72.0 Å². The van der Waals surface area contributed by atoms with E-state index in [2.05, 4.69) is 30.6 Å². The first-order chi connectivity index (χ1) is 62.5. The third kappa shape index (κ3) is 31.2. The molecule has 0 aliphatic carbocycles. The molecule has 4 fully saturated rings. The number of nitrogens with zero attached hydrogens (tertiary/aromatic N) is 10. The van der Waals surface area contributed by atoms with Gasteiger partial charge in [-0.3, -0.25) is 38.8 Å². The molecule has 0 unspecified atom stereocenters. The van der Waals surface area contributed by atoms with Crippen molar-refractivity contribution < 1.29 is 92.7 Å². The molecule has 4 saturated heterocycles. The standard InChI is InChI=1S/C24H30F3N3O4S.2C24H32FN3O3S.C23H29F3N4O3S/c1-17(2)30(35(32,33)22-6-4-5-18(3)15-22)20-11-13-29(14-12-20)16-23(31)28-19-7-9-21(10-8-19)34-24(25,26)27;1-18(2)28(32(30,31)23-7-5-6-19(3)16-23)22-12-14-27(15-13-22)17-24(29)26(4)21-10-8-20(25)9-11-21;1-18(2)28(32(30,31)23-6-4-5-19(3)15-23)22-11-13-27(14-12-22)17-24(29)26-16-20-7-9-21(25)10-8-20;1-16(2)30(34(32,33)20-6-4-5-17(3)13-20)19-9-11-29(12-10-19)15-22(31)28-21-8-7-18(14-27-21)23(24,25)26/h4-10,15,17,20H,11-14,16H2,1-3H3,(H,28,31);5-11,16,18,22H,12-15,17H2,1-4H3;4-10,15,18,22H,11-14,16-17H2,1-3H3,(H,26,29);4-8,13-14,16,19H,9-12,15H2,1-3H3,(H,27,28,31). The molecule has 4 amide bonds. The first-order valence-corrected chi connectivity index (χ1v) is 50.1. The van der Waals surface area contributed by atoms with Gasteiger partial charge in [-0.05, 0) is 284 Å². The zero-order chi connectivity index (χ0) is 97.7. The largest absolute Gasteiger partial charge is 0.573 e. The van der Waals surface area contributed by atoms with E-state index in [4.69, 9.17) is 0 Å². The highest BCUT2D eigenvalue weighted by Crippen LogP contribution is 2.35. The van der Waals surface area contributed by atoms with Crippen molar-refractivity contribution in [3.8, 4) is 5.75 Å². The van der Waals surface area contributed by atoms with E-state index >= 15 is 0 Å². The quantitative estimate of drug-likeness (QED) is 0.0352. The van der Waals surface area contributed by atoms with E-state index in [1.165, 1.54) is 41.3 Å². The minimum Gasteiger partial charge on any atom is -0.406 e. The van der Waals surface area contributed by atoms with Crippen LogP contribution < -0.4 is 25.6 Å². The summed E-state index contributed by atoms with van der Waals surface area (Å²) in [5, 5.41) is 8.02. The second-order valence-corrected chi connectivity index (χ2v) is 42.3. The number of nitrogens with one attached hydrogen (secondary N) is 3. The molecule has 3 N–H and O–H groups in total. The number of aryl methyl sites for hydroxylation is 4. The molecule has 0 atom stereocenters. The lowest BCUT2D eigenvalue weighted by molar-refractivity contribution is -0.274. The lowest BCUT2D eigenvalue weighted by Crippen LogP contribution is -2.51. The first-order valence-electron chi connectivity index (χ1n) is 44.3. The Hall–Kier alpha value is -9.71. The Kier molecular flexibility index (Phi) is 38.3. The highest BCUT2D eigenvalue weighted by atomic mass is 32.2. The van der Waals surface area contributed by atoms with Crippen LogP contribution in [0.3, 0.4) is 0 Å². The van der Waals surface area contributed by atoms with Crippen LogP contribution in [0.2, 0.25) is 0 Å². The van der Waals surface area contributed by atoms with Gasteiger partial charge < -0.3 is 25.6 Å².